The van der Waals surface area contributed by atoms with Crippen LogP contribution in [0.25, 0.3) is 0 Å². The van der Waals surface area contributed by atoms with Crippen molar-refractivity contribution in [1.29, 1.82) is 0 Å². The summed E-state index contributed by atoms with van der Waals surface area (Å²) in [6, 6.07) is 2.90. The normalized spacial score (nSPS) is 22.3. The van der Waals surface area contributed by atoms with Crippen LogP contribution in [0.1, 0.15) is 52.0 Å². The summed E-state index contributed by atoms with van der Waals surface area (Å²) >= 11 is 1.75. The lowest BCUT2D eigenvalue weighted by Gasteiger charge is -2.31. The molecule has 1 aromatic heterocycles. The van der Waals surface area contributed by atoms with Crippen molar-refractivity contribution in [3.05, 3.63) is 22.4 Å². The van der Waals surface area contributed by atoms with Gasteiger partial charge in [0.25, 0.3) is 0 Å². The Hall–Kier alpha value is -1.07. The van der Waals surface area contributed by atoms with E-state index in [-0.39, 0.29) is 12.1 Å². The molecular weight excluding hydrogens is 296 g/mol. The molecule has 5 heteroatoms. The summed E-state index contributed by atoms with van der Waals surface area (Å²) in [7, 11) is 0. The van der Waals surface area contributed by atoms with Crippen LogP contribution in [0.4, 0.5) is 4.79 Å². The molecule has 4 nitrogen and oxygen atoms in total. The highest BCUT2D eigenvalue weighted by Gasteiger charge is 2.25. The van der Waals surface area contributed by atoms with E-state index < -0.39 is 5.60 Å². The largest absolute Gasteiger partial charge is 0.444 e. The molecule has 22 heavy (non-hydrogen) atoms. The maximum Gasteiger partial charge on any atom is 0.407 e. The van der Waals surface area contributed by atoms with Gasteiger partial charge in [-0.3, -0.25) is 0 Å². The van der Waals surface area contributed by atoms with E-state index in [1.165, 1.54) is 12.0 Å². The van der Waals surface area contributed by atoms with Gasteiger partial charge in [-0.2, -0.15) is 11.3 Å². The van der Waals surface area contributed by atoms with Gasteiger partial charge in [0.2, 0.25) is 0 Å². The molecule has 0 aliphatic heterocycles. The molecule has 2 rings (SSSR count). The van der Waals surface area contributed by atoms with Gasteiger partial charge in [0.15, 0.2) is 0 Å². The van der Waals surface area contributed by atoms with Gasteiger partial charge < -0.3 is 15.4 Å². The third-order valence-corrected chi connectivity index (χ3v) is 4.55. The lowest BCUT2D eigenvalue weighted by Crippen LogP contribution is -2.45. The Kier molecular flexibility index (Phi) is 6.26. The quantitative estimate of drug-likeness (QED) is 0.868. The van der Waals surface area contributed by atoms with E-state index in [1.54, 1.807) is 11.3 Å². The molecule has 1 aliphatic carbocycles. The number of alkyl carbamates (subject to hydrolysis) is 1. The number of hydrogen-bond donors (Lipinski definition) is 2. The van der Waals surface area contributed by atoms with Gasteiger partial charge in [0, 0.05) is 12.1 Å². The second kappa shape index (κ2) is 7.97. The van der Waals surface area contributed by atoms with E-state index in [0.29, 0.717) is 6.04 Å². The molecule has 124 valence electrons. The molecule has 1 aromatic rings. The van der Waals surface area contributed by atoms with E-state index >= 15 is 0 Å². The lowest BCUT2D eigenvalue weighted by molar-refractivity contribution is 0.0489. The first kappa shape index (κ1) is 17.3. The summed E-state index contributed by atoms with van der Waals surface area (Å²) in [6.07, 6.45) is 5.15. The number of amides is 1. The third kappa shape index (κ3) is 6.36. The topological polar surface area (TPSA) is 50.4 Å². The molecule has 0 aromatic carbocycles. The number of ether oxygens (including phenoxy) is 1. The Morgan fingerprint density at radius 2 is 2.14 bits per heavy atom. The highest BCUT2D eigenvalue weighted by atomic mass is 32.1. The number of carbonyl (C=O) groups excluding carboxylic acids is 1. The van der Waals surface area contributed by atoms with Gasteiger partial charge in [-0.05, 0) is 81.8 Å². The van der Waals surface area contributed by atoms with Crippen LogP contribution in [0, 0.1) is 0 Å². The van der Waals surface area contributed by atoms with Crippen LogP contribution in [-0.2, 0) is 11.2 Å². The van der Waals surface area contributed by atoms with Crippen molar-refractivity contribution in [2.75, 3.05) is 6.54 Å². The van der Waals surface area contributed by atoms with Crippen molar-refractivity contribution in [1.82, 2.24) is 10.6 Å². The Balaban J connectivity index is 1.68. The van der Waals surface area contributed by atoms with Gasteiger partial charge in [0.05, 0.1) is 0 Å². The summed E-state index contributed by atoms with van der Waals surface area (Å²) in [5, 5.41) is 11.0. The Morgan fingerprint density at radius 1 is 1.36 bits per heavy atom. The SMILES string of the molecule is CC(C)(C)OC(=O)NC1CCCC(NCCc2ccsc2)C1. The lowest BCUT2D eigenvalue weighted by atomic mass is 9.91. The van der Waals surface area contributed by atoms with E-state index in [4.69, 9.17) is 4.74 Å². The van der Waals surface area contributed by atoms with Crippen LogP contribution in [-0.4, -0.2) is 30.3 Å². The van der Waals surface area contributed by atoms with Crippen molar-refractivity contribution in [2.24, 2.45) is 0 Å². The Morgan fingerprint density at radius 3 is 2.82 bits per heavy atom. The summed E-state index contributed by atoms with van der Waals surface area (Å²) < 4.78 is 5.34. The predicted octanol–water partition coefficient (Wildman–Crippen LogP) is 3.72. The standard InChI is InChI=1S/C17H28N2O2S/c1-17(2,3)21-16(20)19-15-6-4-5-14(11-15)18-9-7-13-8-10-22-12-13/h8,10,12,14-15,18H,4-7,9,11H2,1-3H3,(H,19,20). The number of carbonyl (C=O) groups is 1. The van der Waals surface area contributed by atoms with Gasteiger partial charge >= 0.3 is 6.09 Å². The second-order valence-electron chi connectivity index (χ2n) is 7.04. The van der Waals surface area contributed by atoms with Gasteiger partial charge in [-0.25, -0.2) is 4.79 Å². The van der Waals surface area contributed by atoms with Crippen molar-refractivity contribution in [3.63, 3.8) is 0 Å². The molecule has 1 fully saturated rings. The second-order valence-corrected chi connectivity index (χ2v) is 7.82. The highest BCUT2D eigenvalue weighted by molar-refractivity contribution is 7.07. The van der Waals surface area contributed by atoms with Crippen LogP contribution in [0.15, 0.2) is 16.8 Å². The maximum atomic E-state index is 11.9. The zero-order valence-corrected chi connectivity index (χ0v) is 14.7. The zero-order valence-electron chi connectivity index (χ0n) is 13.9. The Labute approximate surface area is 137 Å². The van der Waals surface area contributed by atoms with Crippen LogP contribution in [0.2, 0.25) is 0 Å². The van der Waals surface area contributed by atoms with Crippen LogP contribution in [0.3, 0.4) is 0 Å². The number of rotatable bonds is 5. The molecule has 0 saturated heterocycles. The van der Waals surface area contributed by atoms with Gasteiger partial charge in [0.1, 0.15) is 5.60 Å². The molecule has 1 heterocycles. The summed E-state index contributed by atoms with van der Waals surface area (Å²) in [5.74, 6) is 0. The molecular formula is C17H28N2O2S. The van der Waals surface area contributed by atoms with Crippen LogP contribution in [0.5, 0.6) is 0 Å². The summed E-state index contributed by atoms with van der Waals surface area (Å²) in [5.41, 5.74) is 0.966. The first-order valence-corrected chi connectivity index (χ1v) is 9.10. The number of nitrogens with one attached hydrogen (secondary N) is 2. The first-order valence-electron chi connectivity index (χ1n) is 8.16. The van der Waals surface area contributed by atoms with Crippen molar-refractivity contribution in [2.45, 2.75) is 70.6 Å². The monoisotopic (exact) mass is 324 g/mol. The molecule has 1 amide bonds. The molecule has 2 N–H and O–H groups in total. The summed E-state index contributed by atoms with van der Waals surface area (Å²) in [4.78, 5) is 11.9. The number of thiophene rings is 1. The van der Waals surface area contributed by atoms with Crippen LogP contribution >= 0.6 is 11.3 Å². The molecule has 1 aliphatic rings. The first-order chi connectivity index (χ1) is 10.4. The van der Waals surface area contributed by atoms with Crippen molar-refractivity contribution in [3.8, 4) is 0 Å². The molecule has 2 unspecified atom stereocenters. The van der Waals surface area contributed by atoms with Gasteiger partial charge in [-0.1, -0.05) is 0 Å². The van der Waals surface area contributed by atoms with Crippen LogP contribution < -0.4 is 10.6 Å². The summed E-state index contributed by atoms with van der Waals surface area (Å²) in [6.45, 7) is 6.67. The van der Waals surface area contributed by atoms with E-state index in [9.17, 15) is 4.79 Å². The van der Waals surface area contributed by atoms with Crippen molar-refractivity contribution >= 4 is 17.4 Å². The fourth-order valence-corrected chi connectivity index (χ4v) is 3.54. The minimum absolute atomic E-state index is 0.224. The molecule has 0 bridgehead atoms. The number of hydrogen-bond acceptors (Lipinski definition) is 4. The predicted molar refractivity (Wildman–Crippen MR) is 91.4 cm³/mol. The smallest absolute Gasteiger partial charge is 0.407 e. The zero-order chi connectivity index (χ0) is 16.0. The highest BCUT2D eigenvalue weighted by Crippen LogP contribution is 2.19. The van der Waals surface area contributed by atoms with E-state index in [2.05, 4.69) is 27.5 Å². The minimum atomic E-state index is -0.434. The molecule has 0 spiro atoms. The fourth-order valence-electron chi connectivity index (χ4n) is 2.84. The Bertz CT molecular complexity index is 454. The minimum Gasteiger partial charge on any atom is -0.444 e. The average Bonchev–Trinajstić information content (AvgIpc) is 2.90. The molecule has 1 saturated carbocycles. The fraction of sp³-hybridized carbons (Fsp3) is 0.706. The maximum absolute atomic E-state index is 11.9. The molecule has 0 radical (unpaired) electrons. The van der Waals surface area contributed by atoms with E-state index in [1.807, 2.05) is 20.8 Å². The average molecular weight is 324 g/mol. The third-order valence-electron chi connectivity index (χ3n) is 3.82. The van der Waals surface area contributed by atoms with Gasteiger partial charge in [-0.15, -0.1) is 0 Å². The molecule has 2 atom stereocenters. The van der Waals surface area contributed by atoms with Crippen molar-refractivity contribution < 1.29 is 9.53 Å². The van der Waals surface area contributed by atoms with E-state index in [0.717, 1.165) is 32.2 Å².